The molecule has 0 aromatic carbocycles. The van der Waals surface area contributed by atoms with Crippen LogP contribution in [0.3, 0.4) is 0 Å². The van der Waals surface area contributed by atoms with Gasteiger partial charge >= 0.3 is 0 Å². The molecule has 2 heterocycles. The molecule has 2 nitrogen and oxygen atoms in total. The highest BCUT2D eigenvalue weighted by atomic mass is 35.5. The minimum Gasteiger partial charge on any atom is -0.240 e. The summed E-state index contributed by atoms with van der Waals surface area (Å²) in [7, 11) is 0. The van der Waals surface area contributed by atoms with Gasteiger partial charge in [0.15, 0.2) is 0 Å². The van der Waals surface area contributed by atoms with E-state index in [1.54, 1.807) is 0 Å². The van der Waals surface area contributed by atoms with Gasteiger partial charge in [0.05, 0.1) is 11.1 Å². The van der Waals surface area contributed by atoms with Crippen LogP contribution in [0.1, 0.15) is 43.1 Å². The van der Waals surface area contributed by atoms with Crippen molar-refractivity contribution in [1.82, 2.24) is 9.97 Å². The van der Waals surface area contributed by atoms with Gasteiger partial charge in [0.2, 0.25) is 0 Å². The van der Waals surface area contributed by atoms with Gasteiger partial charge in [0.1, 0.15) is 5.82 Å². The molecule has 0 N–H and O–H groups in total. The molecular weight excluding hydrogens is 284 g/mol. The number of halogens is 1. The van der Waals surface area contributed by atoms with Gasteiger partial charge in [-0.1, -0.05) is 20.8 Å². The molecule has 18 heavy (non-hydrogen) atoms. The lowest BCUT2D eigenvalue weighted by Crippen LogP contribution is -2.23. The van der Waals surface area contributed by atoms with E-state index in [0.29, 0.717) is 16.4 Å². The minimum atomic E-state index is 0.427. The van der Waals surface area contributed by atoms with Crippen LogP contribution in [0.5, 0.6) is 0 Å². The van der Waals surface area contributed by atoms with Crippen LogP contribution in [0.25, 0.3) is 0 Å². The van der Waals surface area contributed by atoms with Gasteiger partial charge in [-0.05, 0) is 6.42 Å². The maximum Gasteiger partial charge on any atom is 0.142 e. The maximum absolute atomic E-state index is 5.90. The van der Waals surface area contributed by atoms with Gasteiger partial charge in [-0.25, -0.2) is 9.97 Å². The Labute approximate surface area is 123 Å². The van der Waals surface area contributed by atoms with E-state index < -0.39 is 0 Å². The largest absolute Gasteiger partial charge is 0.240 e. The van der Waals surface area contributed by atoms with Gasteiger partial charge in [0, 0.05) is 33.7 Å². The Morgan fingerprint density at radius 3 is 2.78 bits per heavy atom. The highest BCUT2D eigenvalue weighted by Gasteiger charge is 2.28. The van der Waals surface area contributed by atoms with E-state index >= 15 is 0 Å². The lowest BCUT2D eigenvalue weighted by molar-refractivity contribution is 0.832. The summed E-state index contributed by atoms with van der Waals surface area (Å²) in [5, 5.41) is 1.81. The van der Waals surface area contributed by atoms with Gasteiger partial charge in [-0.3, -0.25) is 0 Å². The molecule has 1 saturated heterocycles. The second-order valence-electron chi connectivity index (χ2n) is 4.56. The van der Waals surface area contributed by atoms with E-state index in [-0.39, 0.29) is 0 Å². The van der Waals surface area contributed by atoms with Crippen molar-refractivity contribution in [2.75, 3.05) is 5.75 Å². The zero-order valence-electron chi connectivity index (χ0n) is 11.0. The molecule has 0 bridgehead atoms. The number of hydrogen-bond acceptors (Lipinski definition) is 4. The summed E-state index contributed by atoms with van der Waals surface area (Å²) >= 11 is 9.93. The van der Waals surface area contributed by atoms with Crippen molar-refractivity contribution in [3.63, 3.8) is 0 Å². The fourth-order valence-corrected chi connectivity index (χ4v) is 5.02. The fourth-order valence-electron chi connectivity index (χ4n) is 1.95. The summed E-state index contributed by atoms with van der Waals surface area (Å²) in [6, 6.07) is 0. The molecule has 0 amide bonds. The lowest BCUT2D eigenvalue weighted by Gasteiger charge is -2.30. The Morgan fingerprint density at radius 2 is 2.17 bits per heavy atom. The first-order chi connectivity index (χ1) is 8.65. The first kappa shape index (κ1) is 14.5. The summed E-state index contributed by atoms with van der Waals surface area (Å²) in [5.41, 5.74) is 2.17. The molecule has 1 fully saturated rings. The van der Waals surface area contributed by atoms with Crippen molar-refractivity contribution in [2.24, 2.45) is 0 Å². The Bertz CT molecular complexity index is 414. The predicted octanol–water partition coefficient (Wildman–Crippen LogP) is 4.08. The monoisotopic (exact) mass is 302 g/mol. The van der Waals surface area contributed by atoms with Gasteiger partial charge in [0.25, 0.3) is 0 Å². The third kappa shape index (κ3) is 3.14. The SMILES string of the molecule is CCc1nc(C2CSC(C)C(C)S2)ncc1CCl. The van der Waals surface area contributed by atoms with Crippen molar-refractivity contribution < 1.29 is 0 Å². The average Bonchev–Trinajstić information content (AvgIpc) is 2.41. The topological polar surface area (TPSA) is 25.8 Å². The number of aryl methyl sites for hydroxylation is 1. The van der Waals surface area contributed by atoms with Crippen LogP contribution in [-0.4, -0.2) is 26.2 Å². The molecule has 0 spiro atoms. The van der Waals surface area contributed by atoms with Crippen LogP contribution >= 0.6 is 35.1 Å². The molecule has 1 aromatic heterocycles. The normalized spacial score (nSPS) is 28.3. The summed E-state index contributed by atoms with van der Waals surface area (Å²) in [6.45, 7) is 6.71. The van der Waals surface area contributed by atoms with Crippen molar-refractivity contribution in [3.05, 3.63) is 23.3 Å². The summed E-state index contributed by atoms with van der Waals surface area (Å²) in [6.07, 6.45) is 2.83. The first-order valence-electron chi connectivity index (χ1n) is 6.33. The first-order valence-corrected chi connectivity index (χ1v) is 8.86. The Morgan fingerprint density at radius 1 is 1.39 bits per heavy atom. The Balaban J connectivity index is 2.18. The number of thioether (sulfide) groups is 2. The molecule has 3 atom stereocenters. The van der Waals surface area contributed by atoms with E-state index in [4.69, 9.17) is 16.6 Å². The van der Waals surface area contributed by atoms with Gasteiger partial charge in [-0.15, -0.1) is 23.4 Å². The molecule has 0 aliphatic carbocycles. The number of rotatable bonds is 3. The molecule has 1 aromatic rings. The zero-order chi connectivity index (χ0) is 13.1. The van der Waals surface area contributed by atoms with E-state index in [9.17, 15) is 0 Å². The van der Waals surface area contributed by atoms with Crippen LogP contribution in [0.4, 0.5) is 0 Å². The lowest BCUT2D eigenvalue weighted by atomic mass is 10.2. The van der Waals surface area contributed by atoms with Crippen molar-refractivity contribution in [3.8, 4) is 0 Å². The third-order valence-electron chi connectivity index (χ3n) is 3.29. The molecule has 5 heteroatoms. The molecular formula is C13H19ClN2S2. The molecule has 3 unspecified atom stereocenters. The molecule has 0 saturated carbocycles. The van der Waals surface area contributed by atoms with Gasteiger partial charge < -0.3 is 0 Å². The highest BCUT2D eigenvalue weighted by Crippen LogP contribution is 2.43. The summed E-state index contributed by atoms with van der Waals surface area (Å²) in [5.74, 6) is 2.60. The summed E-state index contributed by atoms with van der Waals surface area (Å²) in [4.78, 5) is 9.23. The van der Waals surface area contributed by atoms with Crippen molar-refractivity contribution in [2.45, 2.75) is 48.8 Å². The molecule has 2 rings (SSSR count). The molecule has 0 radical (unpaired) electrons. The van der Waals surface area contributed by atoms with Crippen LogP contribution in [0, 0.1) is 0 Å². The average molecular weight is 303 g/mol. The van der Waals surface area contributed by atoms with Crippen LogP contribution in [-0.2, 0) is 12.3 Å². The number of hydrogen-bond donors (Lipinski definition) is 0. The minimum absolute atomic E-state index is 0.427. The number of aromatic nitrogens is 2. The third-order valence-corrected chi connectivity index (χ3v) is 6.96. The Hall–Kier alpha value is 0.0700. The van der Waals surface area contributed by atoms with Gasteiger partial charge in [-0.2, -0.15) is 11.8 Å². The smallest absolute Gasteiger partial charge is 0.142 e. The fraction of sp³-hybridized carbons (Fsp3) is 0.692. The number of nitrogens with zero attached hydrogens (tertiary/aromatic N) is 2. The van der Waals surface area contributed by atoms with E-state index in [2.05, 4.69) is 25.8 Å². The van der Waals surface area contributed by atoms with E-state index in [0.717, 1.165) is 34.5 Å². The second-order valence-corrected chi connectivity index (χ2v) is 7.82. The Kier molecular flexibility index (Phi) is 5.22. The van der Waals surface area contributed by atoms with Crippen LogP contribution < -0.4 is 0 Å². The molecule has 100 valence electrons. The van der Waals surface area contributed by atoms with Crippen molar-refractivity contribution in [1.29, 1.82) is 0 Å². The van der Waals surface area contributed by atoms with Crippen LogP contribution in [0.2, 0.25) is 0 Å². The molecule has 1 aliphatic heterocycles. The van der Waals surface area contributed by atoms with E-state index in [1.807, 2.05) is 29.7 Å². The standard InChI is InChI=1S/C13H19ClN2S2/c1-4-11-10(5-14)6-15-13(16-11)12-7-17-8(2)9(3)18-12/h6,8-9,12H,4-5,7H2,1-3H3. The predicted molar refractivity (Wildman–Crippen MR) is 82.7 cm³/mol. The molecule has 1 aliphatic rings. The highest BCUT2D eigenvalue weighted by molar-refractivity contribution is 8.07. The summed E-state index contributed by atoms with van der Waals surface area (Å²) < 4.78 is 0. The zero-order valence-corrected chi connectivity index (χ0v) is 13.4. The second kappa shape index (κ2) is 6.49. The number of alkyl halides is 1. The van der Waals surface area contributed by atoms with E-state index in [1.165, 1.54) is 0 Å². The van der Waals surface area contributed by atoms with Crippen molar-refractivity contribution >= 4 is 35.1 Å². The van der Waals surface area contributed by atoms with Crippen LogP contribution in [0.15, 0.2) is 6.20 Å². The maximum atomic E-state index is 5.90. The quantitative estimate of drug-likeness (QED) is 0.786.